The Bertz CT molecular complexity index is 897. The average molecular weight is 357 g/mol. The first kappa shape index (κ1) is 17.2. The molecule has 0 saturated heterocycles. The zero-order valence-corrected chi connectivity index (χ0v) is 14.7. The number of fused-ring (bicyclic) bond motifs is 1. The van der Waals surface area contributed by atoms with Crippen LogP contribution in [0.3, 0.4) is 0 Å². The Morgan fingerprint density at radius 1 is 1.36 bits per heavy atom. The molecule has 0 saturated carbocycles. The van der Waals surface area contributed by atoms with Crippen LogP contribution in [0.2, 0.25) is 0 Å². The highest BCUT2D eigenvalue weighted by Gasteiger charge is 2.19. The van der Waals surface area contributed by atoms with Gasteiger partial charge in [0.2, 0.25) is 5.95 Å². The van der Waals surface area contributed by atoms with E-state index in [2.05, 4.69) is 20.3 Å². The van der Waals surface area contributed by atoms with E-state index in [-0.39, 0.29) is 24.3 Å². The Hall–Kier alpha value is -2.58. The lowest BCUT2D eigenvalue weighted by atomic mass is 10.1. The molecule has 0 radical (unpaired) electrons. The van der Waals surface area contributed by atoms with Gasteiger partial charge in [-0.15, -0.1) is 11.3 Å². The number of nitrogens with zero attached hydrogens (tertiary/aromatic N) is 3. The molecule has 3 aromatic heterocycles. The predicted octanol–water partition coefficient (Wildman–Crippen LogP) is 2.45. The normalized spacial score (nSPS) is 13.6. The molecule has 8 heteroatoms. The van der Waals surface area contributed by atoms with E-state index in [1.54, 1.807) is 6.20 Å². The van der Waals surface area contributed by atoms with Crippen LogP contribution >= 0.6 is 11.3 Å². The van der Waals surface area contributed by atoms with Gasteiger partial charge in [-0.2, -0.15) is 0 Å². The lowest BCUT2D eigenvalue weighted by Gasteiger charge is -2.13. The third-order valence-corrected chi connectivity index (χ3v) is 5.22. The first-order valence-corrected chi connectivity index (χ1v) is 8.71. The Kier molecular flexibility index (Phi) is 4.91. The highest BCUT2D eigenvalue weighted by molar-refractivity contribution is 7.19. The van der Waals surface area contributed by atoms with Crippen LogP contribution in [0.5, 0.6) is 0 Å². The number of anilines is 1. The zero-order valence-electron chi connectivity index (χ0n) is 13.9. The van der Waals surface area contributed by atoms with Gasteiger partial charge in [0, 0.05) is 17.0 Å². The van der Waals surface area contributed by atoms with Crippen LogP contribution < -0.4 is 11.1 Å². The molecule has 0 fully saturated rings. The topological polar surface area (TPSA) is 114 Å². The number of aliphatic hydroxyl groups is 1. The first-order chi connectivity index (χ1) is 12.0. The molecule has 1 amide bonds. The molecule has 0 bridgehead atoms. The van der Waals surface area contributed by atoms with Gasteiger partial charge in [0.1, 0.15) is 0 Å². The molecule has 3 aromatic rings. The number of primary amides is 1. The van der Waals surface area contributed by atoms with Crippen LogP contribution in [-0.4, -0.2) is 32.6 Å². The van der Waals surface area contributed by atoms with Gasteiger partial charge in [-0.25, -0.2) is 9.97 Å². The molecule has 7 nitrogen and oxygen atoms in total. The highest BCUT2D eigenvalue weighted by atomic mass is 32.1. The first-order valence-electron chi connectivity index (χ1n) is 7.89. The Labute approximate surface area is 149 Å². The Morgan fingerprint density at radius 3 is 2.80 bits per heavy atom. The summed E-state index contributed by atoms with van der Waals surface area (Å²) in [6.45, 7) is 3.87. The molecule has 25 heavy (non-hydrogen) atoms. The third kappa shape index (κ3) is 3.59. The monoisotopic (exact) mass is 357 g/mol. The van der Waals surface area contributed by atoms with E-state index in [9.17, 15) is 9.90 Å². The standard InChI is InChI=1S/C17H19N5O2S/c1-9(8-23)13-7-12-15(25-13)14(16(18)24)22-17(21-12)20-10(2)11-5-3-4-6-19-11/h3-7,9-10,23H,8H2,1-2H3,(H2,18,24)(H,20,21,22)/t9-,10-/m0/s1. The second-order valence-electron chi connectivity index (χ2n) is 5.83. The van der Waals surface area contributed by atoms with Crippen LogP contribution in [0, 0.1) is 0 Å². The van der Waals surface area contributed by atoms with Gasteiger partial charge < -0.3 is 16.2 Å². The molecule has 3 heterocycles. The van der Waals surface area contributed by atoms with Crippen molar-refractivity contribution in [2.24, 2.45) is 5.73 Å². The molecule has 0 aliphatic carbocycles. The van der Waals surface area contributed by atoms with Crippen LogP contribution in [0.15, 0.2) is 30.5 Å². The molecular formula is C17H19N5O2S. The fourth-order valence-corrected chi connectivity index (χ4v) is 3.55. The summed E-state index contributed by atoms with van der Waals surface area (Å²) < 4.78 is 0.638. The number of carbonyl (C=O) groups excluding carboxylic acids is 1. The molecule has 130 valence electrons. The minimum atomic E-state index is -0.606. The van der Waals surface area contributed by atoms with Crippen molar-refractivity contribution in [1.82, 2.24) is 15.0 Å². The molecule has 4 N–H and O–H groups in total. The summed E-state index contributed by atoms with van der Waals surface area (Å²) in [6, 6.07) is 7.39. The smallest absolute Gasteiger partial charge is 0.269 e. The fourth-order valence-electron chi connectivity index (χ4n) is 2.41. The minimum Gasteiger partial charge on any atom is -0.396 e. The fraction of sp³-hybridized carbons (Fsp3) is 0.294. The quantitative estimate of drug-likeness (QED) is 0.624. The molecular weight excluding hydrogens is 338 g/mol. The highest BCUT2D eigenvalue weighted by Crippen LogP contribution is 2.32. The van der Waals surface area contributed by atoms with Crippen molar-refractivity contribution < 1.29 is 9.90 Å². The lowest BCUT2D eigenvalue weighted by molar-refractivity contribution is 0.0997. The summed E-state index contributed by atoms with van der Waals surface area (Å²) >= 11 is 1.38. The predicted molar refractivity (Wildman–Crippen MR) is 97.7 cm³/mol. The van der Waals surface area contributed by atoms with Gasteiger partial charge in [0.25, 0.3) is 5.91 Å². The molecule has 2 atom stereocenters. The van der Waals surface area contributed by atoms with Crippen LogP contribution in [-0.2, 0) is 0 Å². The van der Waals surface area contributed by atoms with Gasteiger partial charge in [0.15, 0.2) is 5.69 Å². The second kappa shape index (κ2) is 7.12. The van der Waals surface area contributed by atoms with Crippen LogP contribution in [0.1, 0.15) is 46.9 Å². The summed E-state index contributed by atoms with van der Waals surface area (Å²) in [6.07, 6.45) is 1.72. The van der Waals surface area contributed by atoms with E-state index in [0.29, 0.717) is 16.2 Å². The minimum absolute atomic E-state index is 0.0218. The van der Waals surface area contributed by atoms with Crippen molar-refractivity contribution in [3.63, 3.8) is 0 Å². The zero-order chi connectivity index (χ0) is 18.0. The molecule has 0 aliphatic rings. The number of carbonyl (C=O) groups is 1. The SMILES string of the molecule is C[C@H](Nc1nc(C(N)=O)c2sc([C@@H](C)CO)cc2n1)c1ccccn1. The number of nitrogens with two attached hydrogens (primary N) is 1. The van der Waals surface area contributed by atoms with E-state index < -0.39 is 5.91 Å². The van der Waals surface area contributed by atoms with E-state index in [1.165, 1.54) is 11.3 Å². The second-order valence-corrected chi connectivity index (χ2v) is 6.91. The summed E-state index contributed by atoms with van der Waals surface area (Å²) in [7, 11) is 0. The van der Waals surface area contributed by atoms with E-state index in [4.69, 9.17) is 5.73 Å². The van der Waals surface area contributed by atoms with Crippen molar-refractivity contribution in [1.29, 1.82) is 0 Å². The van der Waals surface area contributed by atoms with Crippen LogP contribution in [0.25, 0.3) is 10.2 Å². The number of rotatable bonds is 6. The molecule has 0 aromatic carbocycles. The summed E-state index contributed by atoms with van der Waals surface area (Å²) in [4.78, 5) is 25.8. The maximum Gasteiger partial charge on any atom is 0.269 e. The molecule has 0 unspecified atom stereocenters. The van der Waals surface area contributed by atoms with Gasteiger partial charge in [-0.1, -0.05) is 13.0 Å². The number of pyridine rings is 1. The van der Waals surface area contributed by atoms with Gasteiger partial charge in [-0.3, -0.25) is 9.78 Å². The van der Waals surface area contributed by atoms with Gasteiger partial charge in [0.05, 0.1) is 28.6 Å². The summed E-state index contributed by atoms with van der Waals surface area (Å²) in [5.74, 6) is -0.324. The summed E-state index contributed by atoms with van der Waals surface area (Å²) in [5, 5.41) is 12.5. The molecule has 3 rings (SSSR count). The number of aliphatic hydroxyl groups excluding tert-OH is 1. The Balaban J connectivity index is 2.00. The van der Waals surface area contributed by atoms with Crippen molar-refractivity contribution in [2.75, 3.05) is 11.9 Å². The molecule has 0 aliphatic heterocycles. The third-order valence-electron chi connectivity index (χ3n) is 3.86. The lowest BCUT2D eigenvalue weighted by Crippen LogP contribution is -2.17. The van der Waals surface area contributed by atoms with Gasteiger partial charge in [-0.05, 0) is 25.1 Å². The maximum absolute atomic E-state index is 11.8. The van der Waals surface area contributed by atoms with Gasteiger partial charge >= 0.3 is 0 Å². The number of hydrogen-bond donors (Lipinski definition) is 3. The van der Waals surface area contributed by atoms with E-state index in [1.807, 2.05) is 38.1 Å². The van der Waals surface area contributed by atoms with E-state index in [0.717, 1.165) is 10.6 Å². The number of aromatic nitrogens is 3. The number of thiophene rings is 1. The average Bonchev–Trinajstić information content (AvgIpc) is 3.04. The number of hydrogen-bond acceptors (Lipinski definition) is 7. The van der Waals surface area contributed by atoms with Crippen LogP contribution in [0.4, 0.5) is 5.95 Å². The largest absolute Gasteiger partial charge is 0.396 e. The Morgan fingerprint density at radius 2 is 2.16 bits per heavy atom. The van der Waals surface area contributed by atoms with E-state index >= 15 is 0 Å². The number of nitrogens with one attached hydrogen (secondary N) is 1. The molecule has 0 spiro atoms. The van der Waals surface area contributed by atoms with Crippen molar-refractivity contribution in [3.05, 3.63) is 46.7 Å². The van der Waals surface area contributed by atoms with Crippen molar-refractivity contribution >= 4 is 33.4 Å². The summed E-state index contributed by atoms with van der Waals surface area (Å²) in [5.41, 5.74) is 7.16. The van der Waals surface area contributed by atoms with Crippen molar-refractivity contribution in [3.8, 4) is 0 Å². The number of amides is 1. The van der Waals surface area contributed by atoms with Crippen molar-refractivity contribution in [2.45, 2.75) is 25.8 Å². The maximum atomic E-state index is 11.8.